The summed E-state index contributed by atoms with van der Waals surface area (Å²) in [4.78, 5) is 18.2. The second-order valence-electron chi connectivity index (χ2n) is 7.25. The van der Waals surface area contributed by atoms with Crippen molar-refractivity contribution in [2.24, 2.45) is 0 Å². The van der Waals surface area contributed by atoms with Crippen molar-refractivity contribution >= 4 is 32.7 Å². The Morgan fingerprint density at radius 3 is 2.82 bits per heavy atom. The number of likely N-dealkylation sites (N-methyl/N-ethyl adjacent to an activating group) is 1. The van der Waals surface area contributed by atoms with Gasteiger partial charge in [0.25, 0.3) is 10.0 Å². The minimum atomic E-state index is -3.78. The molecule has 1 aliphatic rings. The van der Waals surface area contributed by atoms with Crippen molar-refractivity contribution in [2.75, 3.05) is 26.0 Å². The molecule has 0 radical (unpaired) electrons. The first-order chi connectivity index (χ1) is 13.4. The second kappa shape index (κ2) is 7.03. The molecule has 4 rings (SSSR count). The largest absolute Gasteiger partial charge is 0.326 e. The molecule has 1 aliphatic heterocycles. The van der Waals surface area contributed by atoms with Crippen LogP contribution < -0.4 is 5.32 Å². The molecule has 1 amide bonds. The summed E-state index contributed by atoms with van der Waals surface area (Å²) in [6.07, 6.45) is 4.96. The van der Waals surface area contributed by atoms with Gasteiger partial charge in [-0.3, -0.25) is 9.78 Å². The highest BCUT2D eigenvalue weighted by Gasteiger charge is 2.24. The van der Waals surface area contributed by atoms with Crippen LogP contribution in [-0.2, 0) is 27.7 Å². The van der Waals surface area contributed by atoms with E-state index >= 15 is 0 Å². The molecule has 7 nitrogen and oxygen atoms in total. The molecule has 146 valence electrons. The third-order valence-corrected chi connectivity index (χ3v) is 6.63. The lowest BCUT2D eigenvalue weighted by atomic mass is 10.0. The van der Waals surface area contributed by atoms with Crippen LogP contribution in [-0.4, -0.2) is 48.8 Å². The summed E-state index contributed by atoms with van der Waals surface area (Å²) in [5, 5.41) is 2.78. The van der Waals surface area contributed by atoms with Crippen molar-refractivity contribution < 1.29 is 13.2 Å². The third kappa shape index (κ3) is 3.29. The Balaban J connectivity index is 1.80. The maximum atomic E-state index is 13.4. The van der Waals surface area contributed by atoms with Gasteiger partial charge in [0.1, 0.15) is 0 Å². The van der Waals surface area contributed by atoms with E-state index in [1.165, 1.54) is 3.97 Å². The molecule has 8 heteroatoms. The molecule has 0 bridgehead atoms. The lowest BCUT2D eigenvalue weighted by Crippen LogP contribution is -2.20. The van der Waals surface area contributed by atoms with Gasteiger partial charge < -0.3 is 10.2 Å². The summed E-state index contributed by atoms with van der Waals surface area (Å²) >= 11 is 0. The van der Waals surface area contributed by atoms with E-state index in [4.69, 9.17) is 0 Å². The van der Waals surface area contributed by atoms with Crippen molar-refractivity contribution in [2.45, 2.75) is 24.2 Å². The number of fused-ring (bicyclic) bond motifs is 2. The molecule has 0 aliphatic carbocycles. The molecular formula is C20H22N4O3S. The lowest BCUT2D eigenvalue weighted by molar-refractivity contribution is -0.116. The van der Waals surface area contributed by atoms with Gasteiger partial charge in [-0.25, -0.2) is 12.4 Å². The van der Waals surface area contributed by atoms with Crippen LogP contribution in [0.15, 0.2) is 47.6 Å². The Bertz CT molecular complexity index is 1170. The van der Waals surface area contributed by atoms with Gasteiger partial charge >= 0.3 is 0 Å². The first kappa shape index (κ1) is 18.6. The molecule has 0 saturated carbocycles. The van der Waals surface area contributed by atoms with E-state index in [9.17, 15) is 13.2 Å². The topological polar surface area (TPSA) is 84.3 Å². The van der Waals surface area contributed by atoms with E-state index in [2.05, 4.69) is 15.2 Å². The summed E-state index contributed by atoms with van der Waals surface area (Å²) in [6.45, 7) is 0.800. The molecule has 1 N–H and O–H groups in total. The van der Waals surface area contributed by atoms with Gasteiger partial charge in [0.2, 0.25) is 5.91 Å². The second-order valence-corrected chi connectivity index (χ2v) is 9.06. The molecule has 0 atom stereocenters. The highest BCUT2D eigenvalue weighted by atomic mass is 32.2. The highest BCUT2D eigenvalue weighted by molar-refractivity contribution is 7.90. The monoisotopic (exact) mass is 398 g/mol. The van der Waals surface area contributed by atoms with Crippen molar-refractivity contribution in [1.29, 1.82) is 0 Å². The minimum Gasteiger partial charge on any atom is -0.326 e. The van der Waals surface area contributed by atoms with Crippen LogP contribution >= 0.6 is 0 Å². The summed E-state index contributed by atoms with van der Waals surface area (Å²) in [5.74, 6) is -0.0453. The number of nitrogens with one attached hydrogen (secondary N) is 1. The average molecular weight is 398 g/mol. The fraction of sp³-hybridized carbons (Fsp3) is 0.300. The van der Waals surface area contributed by atoms with E-state index in [0.717, 1.165) is 17.7 Å². The van der Waals surface area contributed by atoms with Crippen molar-refractivity contribution in [3.05, 3.63) is 53.9 Å². The van der Waals surface area contributed by atoms with E-state index in [0.29, 0.717) is 36.0 Å². The number of pyridine rings is 1. The number of benzene rings is 1. The zero-order chi connectivity index (χ0) is 19.9. The fourth-order valence-corrected chi connectivity index (χ4v) is 4.88. The van der Waals surface area contributed by atoms with Crippen molar-refractivity contribution in [3.63, 3.8) is 0 Å². The zero-order valence-corrected chi connectivity index (χ0v) is 16.7. The maximum absolute atomic E-state index is 13.4. The predicted molar refractivity (Wildman–Crippen MR) is 108 cm³/mol. The van der Waals surface area contributed by atoms with Crippen molar-refractivity contribution in [3.8, 4) is 0 Å². The summed E-state index contributed by atoms with van der Waals surface area (Å²) in [6, 6.07) is 8.38. The van der Waals surface area contributed by atoms with Gasteiger partial charge in [-0.2, -0.15) is 0 Å². The van der Waals surface area contributed by atoms with Gasteiger partial charge in [-0.1, -0.05) is 0 Å². The summed E-state index contributed by atoms with van der Waals surface area (Å²) < 4.78 is 28.1. The van der Waals surface area contributed by atoms with E-state index in [-0.39, 0.29) is 10.8 Å². The minimum absolute atomic E-state index is 0.0453. The standard InChI is InChI=1S/C20H22N4O3S/c1-23(2)11-9-15-13-24(18-4-3-10-21-20(15)18)28(26,27)16-6-7-17-14(12-16)5-8-19(25)22-17/h3-4,6-7,10,12-13H,5,8-9,11H2,1-2H3,(H,22,25). The molecule has 28 heavy (non-hydrogen) atoms. The Morgan fingerprint density at radius 1 is 1.21 bits per heavy atom. The fourth-order valence-electron chi connectivity index (χ4n) is 3.45. The van der Waals surface area contributed by atoms with E-state index in [1.54, 1.807) is 42.7 Å². The number of carbonyl (C=O) groups excluding carboxylic acids is 1. The van der Waals surface area contributed by atoms with Gasteiger partial charge in [-0.05, 0) is 68.4 Å². The zero-order valence-electron chi connectivity index (χ0n) is 15.8. The van der Waals surface area contributed by atoms with Gasteiger partial charge in [0.15, 0.2) is 0 Å². The van der Waals surface area contributed by atoms with Crippen LogP contribution in [0.2, 0.25) is 0 Å². The SMILES string of the molecule is CN(C)CCc1cn(S(=O)(=O)c2ccc3c(c2)CCC(=O)N3)c2cccnc12. The van der Waals surface area contributed by atoms with Crippen LogP contribution in [0.25, 0.3) is 11.0 Å². The predicted octanol–water partition coefficient (Wildman–Crippen LogP) is 2.26. The number of aromatic nitrogens is 2. The van der Waals surface area contributed by atoms with Crippen LogP contribution in [0.3, 0.4) is 0 Å². The van der Waals surface area contributed by atoms with E-state index in [1.807, 2.05) is 14.1 Å². The number of aryl methyl sites for hydroxylation is 1. The number of rotatable bonds is 5. The molecule has 1 aromatic carbocycles. The van der Waals surface area contributed by atoms with Gasteiger partial charge in [0.05, 0.1) is 15.9 Å². The molecule has 0 unspecified atom stereocenters. The summed E-state index contributed by atoms with van der Waals surface area (Å²) in [7, 11) is 0.183. The Hall–Kier alpha value is -2.71. The quantitative estimate of drug-likeness (QED) is 0.713. The molecule has 0 spiro atoms. The van der Waals surface area contributed by atoms with E-state index < -0.39 is 10.0 Å². The number of carbonyl (C=O) groups is 1. The number of hydrogen-bond acceptors (Lipinski definition) is 5. The Morgan fingerprint density at radius 2 is 2.04 bits per heavy atom. The third-order valence-electron chi connectivity index (χ3n) is 4.96. The van der Waals surface area contributed by atoms with Crippen LogP contribution in [0.1, 0.15) is 17.5 Å². The molecule has 0 saturated heterocycles. The normalized spacial score (nSPS) is 14.3. The van der Waals surface area contributed by atoms with Crippen molar-refractivity contribution in [1.82, 2.24) is 13.9 Å². The maximum Gasteiger partial charge on any atom is 0.268 e. The molecule has 2 aromatic heterocycles. The molecular weight excluding hydrogens is 376 g/mol. The van der Waals surface area contributed by atoms with Crippen LogP contribution in [0, 0.1) is 0 Å². The number of anilines is 1. The molecule has 3 aromatic rings. The van der Waals surface area contributed by atoms with Gasteiger partial charge in [-0.15, -0.1) is 0 Å². The smallest absolute Gasteiger partial charge is 0.268 e. The Labute approximate surface area is 164 Å². The molecule has 0 fully saturated rings. The van der Waals surface area contributed by atoms with Crippen LogP contribution in [0.4, 0.5) is 5.69 Å². The summed E-state index contributed by atoms with van der Waals surface area (Å²) in [5.41, 5.74) is 3.70. The Kier molecular flexibility index (Phi) is 4.68. The number of hydrogen-bond donors (Lipinski definition) is 1. The highest BCUT2D eigenvalue weighted by Crippen LogP contribution is 2.29. The lowest BCUT2D eigenvalue weighted by Gasteiger charge is -2.18. The number of amides is 1. The average Bonchev–Trinajstić information content (AvgIpc) is 3.05. The first-order valence-electron chi connectivity index (χ1n) is 9.14. The number of nitrogens with zero attached hydrogens (tertiary/aromatic N) is 3. The van der Waals surface area contributed by atoms with Gasteiger partial charge in [0, 0.05) is 31.0 Å². The van der Waals surface area contributed by atoms with Crippen LogP contribution in [0.5, 0.6) is 0 Å². The first-order valence-corrected chi connectivity index (χ1v) is 10.6. The molecule has 3 heterocycles.